The third-order valence-corrected chi connectivity index (χ3v) is 3.89. The first kappa shape index (κ1) is 13.3. The van der Waals surface area contributed by atoms with Crippen molar-refractivity contribution in [3.63, 3.8) is 0 Å². The van der Waals surface area contributed by atoms with Crippen LogP contribution in [-0.2, 0) is 4.74 Å². The molecule has 0 radical (unpaired) electrons. The van der Waals surface area contributed by atoms with Crippen molar-refractivity contribution in [2.24, 2.45) is 5.92 Å². The predicted octanol–water partition coefficient (Wildman–Crippen LogP) is 1.88. The summed E-state index contributed by atoms with van der Waals surface area (Å²) in [5, 5.41) is 3.60. The molecular weight excluding hydrogens is 212 g/mol. The van der Waals surface area contributed by atoms with Crippen molar-refractivity contribution < 1.29 is 4.74 Å². The van der Waals surface area contributed by atoms with E-state index in [0.717, 1.165) is 38.3 Å². The van der Waals surface area contributed by atoms with Crippen molar-refractivity contribution in [2.45, 2.75) is 45.1 Å². The molecule has 1 aliphatic carbocycles. The van der Waals surface area contributed by atoms with Crippen LogP contribution in [0, 0.1) is 5.92 Å². The Morgan fingerprint density at radius 1 is 1.24 bits per heavy atom. The molecule has 1 N–H and O–H groups in total. The molecule has 17 heavy (non-hydrogen) atoms. The summed E-state index contributed by atoms with van der Waals surface area (Å²) in [5.74, 6) is 0.764. The lowest BCUT2D eigenvalue weighted by molar-refractivity contribution is 0.184. The van der Waals surface area contributed by atoms with Gasteiger partial charge in [-0.2, -0.15) is 0 Å². The van der Waals surface area contributed by atoms with Crippen LogP contribution in [-0.4, -0.2) is 50.3 Å². The fourth-order valence-electron chi connectivity index (χ4n) is 2.55. The highest BCUT2D eigenvalue weighted by atomic mass is 16.5. The molecule has 1 saturated carbocycles. The van der Waals surface area contributed by atoms with E-state index in [-0.39, 0.29) is 0 Å². The van der Waals surface area contributed by atoms with Crippen molar-refractivity contribution in [2.75, 3.05) is 39.4 Å². The van der Waals surface area contributed by atoms with Crippen molar-refractivity contribution in [3.05, 3.63) is 0 Å². The first-order valence-corrected chi connectivity index (χ1v) is 7.42. The average molecular weight is 240 g/mol. The summed E-state index contributed by atoms with van der Waals surface area (Å²) in [6.45, 7) is 9.05. The smallest absolute Gasteiger partial charge is 0.0507 e. The molecule has 0 aromatic carbocycles. The van der Waals surface area contributed by atoms with Gasteiger partial charge in [-0.05, 0) is 38.1 Å². The molecule has 0 bridgehead atoms. The van der Waals surface area contributed by atoms with Gasteiger partial charge in [0.25, 0.3) is 0 Å². The molecular formula is C14H28N2O. The molecule has 3 nitrogen and oxygen atoms in total. The van der Waals surface area contributed by atoms with E-state index in [1.54, 1.807) is 0 Å². The number of unbranched alkanes of at least 4 members (excludes halogenated alkanes) is 1. The highest BCUT2D eigenvalue weighted by Gasteiger charge is 2.27. The van der Waals surface area contributed by atoms with Gasteiger partial charge >= 0.3 is 0 Å². The number of nitrogens with zero attached hydrogens (tertiary/aromatic N) is 1. The van der Waals surface area contributed by atoms with Crippen molar-refractivity contribution in [1.82, 2.24) is 10.2 Å². The van der Waals surface area contributed by atoms with Crippen molar-refractivity contribution in [1.29, 1.82) is 0 Å². The van der Waals surface area contributed by atoms with E-state index >= 15 is 0 Å². The van der Waals surface area contributed by atoms with Crippen LogP contribution in [0.25, 0.3) is 0 Å². The molecule has 2 rings (SSSR count). The zero-order valence-corrected chi connectivity index (χ0v) is 11.3. The van der Waals surface area contributed by atoms with Crippen molar-refractivity contribution in [3.8, 4) is 0 Å². The highest BCUT2D eigenvalue weighted by Crippen LogP contribution is 2.26. The van der Waals surface area contributed by atoms with Crippen LogP contribution in [0.2, 0.25) is 0 Å². The summed E-state index contributed by atoms with van der Waals surface area (Å²) < 4.78 is 5.39. The van der Waals surface area contributed by atoms with Gasteiger partial charge in [0.2, 0.25) is 0 Å². The number of rotatable bonds is 9. The summed E-state index contributed by atoms with van der Waals surface area (Å²) >= 11 is 0. The van der Waals surface area contributed by atoms with E-state index in [1.807, 2.05) is 0 Å². The molecule has 0 spiro atoms. The zero-order valence-electron chi connectivity index (χ0n) is 11.3. The third kappa shape index (κ3) is 4.94. The van der Waals surface area contributed by atoms with Gasteiger partial charge in [-0.3, -0.25) is 4.90 Å². The van der Waals surface area contributed by atoms with Crippen LogP contribution >= 0.6 is 0 Å². The molecule has 100 valence electrons. The molecule has 0 aromatic heterocycles. The van der Waals surface area contributed by atoms with Crippen LogP contribution in [0.5, 0.6) is 0 Å². The lowest BCUT2D eigenvalue weighted by atomic mass is 10.1. The Balaban J connectivity index is 1.52. The maximum Gasteiger partial charge on any atom is 0.0507 e. The largest absolute Gasteiger partial charge is 0.381 e. The molecule has 1 aliphatic heterocycles. The van der Waals surface area contributed by atoms with Crippen LogP contribution in [0.4, 0.5) is 0 Å². The second-order valence-corrected chi connectivity index (χ2v) is 5.55. The monoisotopic (exact) mass is 240 g/mol. The molecule has 1 atom stereocenters. The molecule has 0 amide bonds. The zero-order chi connectivity index (χ0) is 11.9. The first-order valence-electron chi connectivity index (χ1n) is 7.42. The standard InChI is InChI=1S/C14H28N2O/c1-2-3-8-16(14-4-5-14)9-7-15-11-13-6-10-17-12-13/h13-15H,2-12H2,1H3. The molecule has 2 fully saturated rings. The maximum atomic E-state index is 5.39. The number of hydrogen-bond acceptors (Lipinski definition) is 3. The highest BCUT2D eigenvalue weighted by molar-refractivity contribution is 4.84. The van der Waals surface area contributed by atoms with Crippen LogP contribution in [0.3, 0.4) is 0 Å². The fraction of sp³-hybridized carbons (Fsp3) is 1.00. The van der Waals surface area contributed by atoms with E-state index in [4.69, 9.17) is 4.74 Å². The van der Waals surface area contributed by atoms with Gasteiger partial charge in [-0.25, -0.2) is 0 Å². The maximum absolute atomic E-state index is 5.39. The molecule has 0 aromatic rings. The van der Waals surface area contributed by atoms with Gasteiger partial charge in [0.15, 0.2) is 0 Å². The van der Waals surface area contributed by atoms with E-state index in [9.17, 15) is 0 Å². The van der Waals surface area contributed by atoms with E-state index in [1.165, 1.54) is 45.2 Å². The Bertz CT molecular complexity index is 200. The van der Waals surface area contributed by atoms with E-state index < -0.39 is 0 Å². The van der Waals surface area contributed by atoms with Gasteiger partial charge < -0.3 is 10.1 Å². The Hall–Kier alpha value is -0.120. The third-order valence-electron chi connectivity index (χ3n) is 3.89. The molecule has 1 saturated heterocycles. The van der Waals surface area contributed by atoms with E-state index in [2.05, 4.69) is 17.1 Å². The minimum atomic E-state index is 0.764. The molecule has 1 unspecified atom stereocenters. The summed E-state index contributed by atoms with van der Waals surface area (Å²) in [7, 11) is 0. The second-order valence-electron chi connectivity index (χ2n) is 5.55. The Labute approximate surface area is 106 Å². The Morgan fingerprint density at radius 2 is 2.12 bits per heavy atom. The average Bonchev–Trinajstić information content (AvgIpc) is 3.05. The summed E-state index contributed by atoms with van der Waals surface area (Å²) in [6.07, 6.45) is 6.78. The summed E-state index contributed by atoms with van der Waals surface area (Å²) in [5.41, 5.74) is 0. The number of hydrogen-bond donors (Lipinski definition) is 1. The second kappa shape index (κ2) is 7.34. The Morgan fingerprint density at radius 3 is 2.76 bits per heavy atom. The number of ether oxygens (including phenoxy) is 1. The normalized spacial score (nSPS) is 24.7. The van der Waals surface area contributed by atoms with Gasteiger partial charge in [0.1, 0.15) is 0 Å². The lowest BCUT2D eigenvalue weighted by Gasteiger charge is -2.22. The van der Waals surface area contributed by atoms with Gasteiger partial charge in [0.05, 0.1) is 6.61 Å². The van der Waals surface area contributed by atoms with Crippen LogP contribution < -0.4 is 5.32 Å². The summed E-state index contributed by atoms with van der Waals surface area (Å²) in [4.78, 5) is 2.68. The van der Waals surface area contributed by atoms with Gasteiger partial charge in [-0.1, -0.05) is 13.3 Å². The predicted molar refractivity (Wildman–Crippen MR) is 71.3 cm³/mol. The molecule has 2 aliphatic rings. The van der Waals surface area contributed by atoms with Gasteiger partial charge in [0, 0.05) is 32.3 Å². The van der Waals surface area contributed by atoms with Crippen molar-refractivity contribution >= 4 is 0 Å². The SMILES string of the molecule is CCCCN(CCNCC1CCOC1)C1CC1. The Kier molecular flexibility index (Phi) is 5.75. The number of nitrogens with one attached hydrogen (secondary N) is 1. The topological polar surface area (TPSA) is 24.5 Å². The lowest BCUT2D eigenvalue weighted by Crippen LogP contribution is -2.36. The summed E-state index contributed by atoms with van der Waals surface area (Å²) in [6, 6.07) is 0.915. The van der Waals surface area contributed by atoms with Gasteiger partial charge in [-0.15, -0.1) is 0 Å². The quantitative estimate of drug-likeness (QED) is 0.623. The van der Waals surface area contributed by atoms with Crippen LogP contribution in [0.15, 0.2) is 0 Å². The first-order chi connectivity index (χ1) is 8.40. The van der Waals surface area contributed by atoms with Crippen LogP contribution in [0.1, 0.15) is 39.0 Å². The molecule has 1 heterocycles. The minimum absolute atomic E-state index is 0.764. The molecule has 3 heteroatoms. The van der Waals surface area contributed by atoms with E-state index in [0.29, 0.717) is 0 Å². The fourth-order valence-corrected chi connectivity index (χ4v) is 2.55. The minimum Gasteiger partial charge on any atom is -0.381 e.